The van der Waals surface area contributed by atoms with Gasteiger partial charge in [-0.25, -0.2) is 0 Å². The van der Waals surface area contributed by atoms with E-state index in [9.17, 15) is 0 Å². The Morgan fingerprint density at radius 2 is 0.855 bits per heavy atom. The van der Waals surface area contributed by atoms with Crippen molar-refractivity contribution in [1.82, 2.24) is 0 Å². The number of rotatable bonds is 6. The molecule has 296 valence electrons. The van der Waals surface area contributed by atoms with Crippen LogP contribution < -0.4 is 4.90 Å². The molecule has 0 unspecified atom stereocenters. The molecule has 0 aliphatic heterocycles. The van der Waals surface area contributed by atoms with Crippen LogP contribution in [0, 0.1) is 0 Å². The van der Waals surface area contributed by atoms with Gasteiger partial charge in [-0.3, -0.25) is 0 Å². The van der Waals surface area contributed by atoms with Crippen LogP contribution in [0.4, 0.5) is 17.1 Å². The van der Waals surface area contributed by atoms with E-state index < -0.39 is 0 Å². The molecule has 0 bridgehead atoms. The Kier molecular flexibility index (Phi) is 8.17. The molecule has 10 aromatic rings. The van der Waals surface area contributed by atoms with Crippen molar-refractivity contribution < 1.29 is 0 Å². The Bertz CT molecular complexity index is 3420. The first-order chi connectivity index (χ1) is 30.3. The Labute approximate surface area is 368 Å². The molecule has 0 radical (unpaired) electrons. The van der Waals surface area contributed by atoms with Crippen LogP contribution in [0.15, 0.2) is 200 Å². The number of para-hydroxylation sites is 2. The molecule has 1 aromatic heterocycles. The van der Waals surface area contributed by atoms with Crippen LogP contribution in [0.1, 0.15) is 49.9 Å². The van der Waals surface area contributed by atoms with Crippen LogP contribution in [-0.4, -0.2) is 0 Å². The van der Waals surface area contributed by atoms with E-state index in [0.29, 0.717) is 0 Å². The van der Waals surface area contributed by atoms with Crippen LogP contribution in [0.25, 0.3) is 75.8 Å². The summed E-state index contributed by atoms with van der Waals surface area (Å²) in [5.74, 6) is 0. The molecule has 1 nitrogen and oxygen atoms in total. The van der Waals surface area contributed by atoms with Gasteiger partial charge in [0.25, 0.3) is 0 Å². The van der Waals surface area contributed by atoms with Gasteiger partial charge in [-0.15, -0.1) is 11.3 Å². The van der Waals surface area contributed by atoms with E-state index in [1.165, 1.54) is 98.1 Å². The van der Waals surface area contributed by atoms with E-state index in [2.05, 4.69) is 233 Å². The highest BCUT2D eigenvalue weighted by molar-refractivity contribution is 7.25. The van der Waals surface area contributed by atoms with Gasteiger partial charge in [-0.1, -0.05) is 191 Å². The zero-order valence-corrected chi connectivity index (χ0v) is 36.2. The van der Waals surface area contributed by atoms with Crippen LogP contribution >= 0.6 is 11.3 Å². The maximum atomic E-state index is 2.52. The van der Waals surface area contributed by atoms with Gasteiger partial charge in [0.15, 0.2) is 0 Å². The molecule has 0 fully saturated rings. The van der Waals surface area contributed by atoms with E-state index in [1.807, 2.05) is 11.3 Å². The molecule has 12 rings (SSSR count). The van der Waals surface area contributed by atoms with Crippen molar-refractivity contribution in [2.24, 2.45) is 0 Å². The first-order valence-electron chi connectivity index (χ1n) is 21.8. The second kappa shape index (κ2) is 13.8. The van der Waals surface area contributed by atoms with Crippen LogP contribution in [0.5, 0.6) is 0 Å². The average molecular weight is 812 g/mol. The summed E-state index contributed by atoms with van der Waals surface area (Å²) in [4.78, 5) is 2.52. The maximum Gasteiger partial charge on any atom is 0.0540 e. The minimum Gasteiger partial charge on any atom is -0.309 e. The summed E-state index contributed by atoms with van der Waals surface area (Å²) in [5.41, 5.74) is 21.5. The molecule has 1 heterocycles. The number of anilines is 3. The van der Waals surface area contributed by atoms with Gasteiger partial charge in [0.2, 0.25) is 0 Å². The molecule has 0 amide bonds. The van der Waals surface area contributed by atoms with Crippen LogP contribution in [0.3, 0.4) is 0 Å². The predicted molar refractivity (Wildman–Crippen MR) is 265 cm³/mol. The zero-order chi connectivity index (χ0) is 41.7. The van der Waals surface area contributed by atoms with Gasteiger partial charge >= 0.3 is 0 Å². The van der Waals surface area contributed by atoms with Crippen molar-refractivity contribution in [3.05, 3.63) is 222 Å². The van der Waals surface area contributed by atoms with Crippen molar-refractivity contribution in [2.75, 3.05) is 4.90 Å². The van der Waals surface area contributed by atoms with Crippen molar-refractivity contribution in [3.8, 4) is 55.6 Å². The van der Waals surface area contributed by atoms with E-state index in [0.717, 1.165) is 17.1 Å². The quantitative estimate of drug-likeness (QED) is 0.162. The normalized spacial score (nSPS) is 14.1. The van der Waals surface area contributed by atoms with Crippen molar-refractivity contribution >= 4 is 48.6 Å². The average Bonchev–Trinajstić information content (AvgIpc) is 3.90. The van der Waals surface area contributed by atoms with Crippen molar-refractivity contribution in [1.29, 1.82) is 0 Å². The predicted octanol–water partition coefficient (Wildman–Crippen LogP) is 17.1. The molecule has 2 aliphatic rings. The minimum atomic E-state index is -0.110. The molecular weight excluding hydrogens is 767 g/mol. The van der Waals surface area contributed by atoms with Gasteiger partial charge in [-0.2, -0.15) is 0 Å². The Morgan fingerprint density at radius 1 is 0.355 bits per heavy atom. The summed E-state index contributed by atoms with van der Waals surface area (Å²) in [7, 11) is 0. The summed E-state index contributed by atoms with van der Waals surface area (Å²) in [6, 6.07) is 74.7. The van der Waals surface area contributed by atoms with Gasteiger partial charge in [0.1, 0.15) is 0 Å². The third kappa shape index (κ3) is 5.33. The molecule has 0 N–H and O–H groups in total. The third-order valence-electron chi connectivity index (χ3n) is 13.9. The van der Waals surface area contributed by atoms with E-state index in [1.54, 1.807) is 0 Å². The highest BCUT2D eigenvalue weighted by atomic mass is 32.1. The van der Waals surface area contributed by atoms with E-state index in [4.69, 9.17) is 0 Å². The van der Waals surface area contributed by atoms with Gasteiger partial charge in [0, 0.05) is 47.8 Å². The minimum absolute atomic E-state index is 0.103. The first-order valence-corrected chi connectivity index (χ1v) is 22.6. The number of fused-ring (bicyclic) bond motifs is 9. The molecule has 2 aliphatic carbocycles. The fourth-order valence-corrected chi connectivity index (χ4v) is 12.2. The molecule has 2 heteroatoms. The van der Waals surface area contributed by atoms with E-state index >= 15 is 0 Å². The topological polar surface area (TPSA) is 3.24 Å². The smallest absolute Gasteiger partial charge is 0.0540 e. The van der Waals surface area contributed by atoms with Gasteiger partial charge in [0.05, 0.1) is 11.4 Å². The first kappa shape index (κ1) is 36.8. The summed E-state index contributed by atoms with van der Waals surface area (Å²) >= 11 is 1.87. The Hall–Kier alpha value is -7.00. The second-order valence-corrected chi connectivity index (χ2v) is 19.1. The fourth-order valence-electron chi connectivity index (χ4n) is 11.1. The summed E-state index contributed by atoms with van der Waals surface area (Å²) in [5, 5.41) is 2.61. The molecule has 0 saturated heterocycles. The molecule has 0 spiro atoms. The van der Waals surface area contributed by atoms with Crippen LogP contribution in [-0.2, 0) is 10.8 Å². The lowest BCUT2D eigenvalue weighted by Crippen LogP contribution is -2.16. The third-order valence-corrected chi connectivity index (χ3v) is 15.0. The fraction of sp³-hybridized carbons (Fsp3) is 0.100. The maximum absolute atomic E-state index is 2.52. The van der Waals surface area contributed by atoms with Crippen LogP contribution in [0.2, 0.25) is 0 Å². The number of nitrogens with zero attached hydrogens (tertiary/aromatic N) is 1. The highest BCUT2D eigenvalue weighted by Gasteiger charge is 2.38. The molecule has 0 saturated carbocycles. The van der Waals surface area contributed by atoms with Crippen molar-refractivity contribution in [2.45, 2.75) is 38.5 Å². The lowest BCUT2D eigenvalue weighted by atomic mass is 9.79. The van der Waals surface area contributed by atoms with Crippen molar-refractivity contribution in [3.63, 3.8) is 0 Å². The monoisotopic (exact) mass is 811 g/mol. The molecule has 9 aromatic carbocycles. The summed E-state index contributed by atoms with van der Waals surface area (Å²) in [6.45, 7) is 9.49. The van der Waals surface area contributed by atoms with E-state index in [-0.39, 0.29) is 10.8 Å². The standard InChI is InChI=1S/C60H45NS/c1-59(2)50-28-11-6-21-47(50)56-44(24-16-29-51(56)59)42-19-7-12-30-52(42)61(53-31-13-8-20-43(53)45-25-17-33-55-57(45)48-22-9-14-32-54(48)62-55)39-36-34-38(35-37-39)40-23-15-26-46-41-18-5-10-27-49(41)60(3,4)58(40)46/h5-37H,1-4H3. The second-order valence-electron chi connectivity index (χ2n) is 18.0. The highest BCUT2D eigenvalue weighted by Crippen LogP contribution is 2.56. The van der Waals surface area contributed by atoms with Gasteiger partial charge < -0.3 is 4.90 Å². The number of benzene rings is 9. The number of hydrogen-bond donors (Lipinski definition) is 0. The number of hydrogen-bond acceptors (Lipinski definition) is 2. The number of thiophene rings is 1. The largest absolute Gasteiger partial charge is 0.309 e. The lowest BCUT2D eigenvalue weighted by molar-refractivity contribution is 0.660. The molecular formula is C60H45NS. The summed E-state index contributed by atoms with van der Waals surface area (Å²) in [6.07, 6.45) is 0. The summed E-state index contributed by atoms with van der Waals surface area (Å²) < 4.78 is 2.61. The molecule has 62 heavy (non-hydrogen) atoms. The molecule has 0 atom stereocenters. The van der Waals surface area contributed by atoms with Gasteiger partial charge in [-0.05, 0) is 103 Å². The lowest BCUT2D eigenvalue weighted by Gasteiger charge is -2.31. The Morgan fingerprint density at radius 3 is 1.61 bits per heavy atom. The Balaban J connectivity index is 1.09. The SMILES string of the molecule is CC1(C)c2ccccc2-c2c(-c3ccccc3N(c3ccc(-c4cccc5c4C(C)(C)c4ccccc4-5)cc3)c3ccccc3-c3cccc4sc5ccccc5c34)cccc21. The zero-order valence-electron chi connectivity index (χ0n) is 35.4.